The lowest BCUT2D eigenvalue weighted by atomic mass is 9.94. The molecule has 11 rings (SSSR count). The van der Waals surface area contributed by atoms with Crippen molar-refractivity contribution in [2.24, 2.45) is 0 Å². The van der Waals surface area contributed by atoms with E-state index in [1.54, 1.807) is 0 Å². The van der Waals surface area contributed by atoms with Gasteiger partial charge in [0, 0.05) is 16.5 Å². The van der Waals surface area contributed by atoms with E-state index in [4.69, 9.17) is 0 Å². The van der Waals surface area contributed by atoms with Gasteiger partial charge in [0.05, 0.1) is 11.0 Å². The summed E-state index contributed by atoms with van der Waals surface area (Å²) in [6.07, 6.45) is 0. The standard InChI is InChI=1S/C44H25N/c1-2-13-30-29(12-1)34-18-8-17-33-28(22-23-36(30)42(33)34)26-10-7-11-27(24-26)45-40-21-6-5-16-37(40)44-38-20-9-19-35-31-14-3-4-15-32(31)39(43(35)38)25-41(44)45/h1-25H. The van der Waals surface area contributed by atoms with Crippen LogP contribution in [0.25, 0.3) is 105 Å². The van der Waals surface area contributed by atoms with Crippen LogP contribution in [0.2, 0.25) is 0 Å². The molecule has 0 N–H and O–H groups in total. The highest BCUT2D eigenvalue weighted by Crippen LogP contribution is 2.52. The zero-order valence-electron chi connectivity index (χ0n) is 24.4. The van der Waals surface area contributed by atoms with Gasteiger partial charge in [0.1, 0.15) is 0 Å². The molecule has 0 saturated carbocycles. The molecule has 1 heteroatoms. The summed E-state index contributed by atoms with van der Waals surface area (Å²) < 4.78 is 2.48. The van der Waals surface area contributed by atoms with Crippen molar-refractivity contribution in [1.82, 2.24) is 4.57 Å². The van der Waals surface area contributed by atoms with E-state index in [0.717, 1.165) is 0 Å². The van der Waals surface area contributed by atoms with Crippen LogP contribution in [-0.2, 0) is 0 Å². The van der Waals surface area contributed by atoms with E-state index in [-0.39, 0.29) is 0 Å². The van der Waals surface area contributed by atoms with E-state index in [9.17, 15) is 0 Å². The SMILES string of the molecule is c1cc(-c2ccc3c4c(cccc24)-c2ccccc2-3)cc(-n2c3ccccc3c3c4cccc5c4c(cc32)-c2ccccc2-5)c1. The Labute approximate surface area is 260 Å². The second-order valence-corrected chi connectivity index (χ2v) is 12.4. The lowest BCUT2D eigenvalue weighted by Gasteiger charge is -2.13. The predicted octanol–water partition coefficient (Wildman–Crippen LogP) is 12.1. The largest absolute Gasteiger partial charge is 0.309 e. The topological polar surface area (TPSA) is 4.93 Å². The van der Waals surface area contributed by atoms with Crippen LogP contribution in [0, 0.1) is 0 Å². The van der Waals surface area contributed by atoms with Gasteiger partial charge in [-0.25, -0.2) is 0 Å². The van der Waals surface area contributed by atoms with Gasteiger partial charge in [-0.2, -0.15) is 0 Å². The van der Waals surface area contributed by atoms with Crippen molar-refractivity contribution in [3.05, 3.63) is 152 Å². The zero-order chi connectivity index (χ0) is 29.2. The minimum atomic E-state index is 1.18. The number of para-hydroxylation sites is 1. The lowest BCUT2D eigenvalue weighted by Crippen LogP contribution is -1.95. The number of nitrogens with zero attached hydrogens (tertiary/aromatic N) is 1. The molecule has 0 saturated heterocycles. The third kappa shape index (κ3) is 2.93. The molecule has 0 fully saturated rings. The van der Waals surface area contributed by atoms with E-state index in [0.29, 0.717) is 0 Å². The highest BCUT2D eigenvalue weighted by molar-refractivity contribution is 6.29. The lowest BCUT2D eigenvalue weighted by molar-refractivity contribution is 1.18. The fraction of sp³-hybridized carbons (Fsp3) is 0. The molecule has 1 aromatic heterocycles. The quantitative estimate of drug-likeness (QED) is 0.196. The Balaban J connectivity index is 1.19. The molecule has 1 heterocycles. The molecular formula is C44H25N. The first-order valence-corrected chi connectivity index (χ1v) is 15.7. The Bertz CT molecular complexity index is 2730. The van der Waals surface area contributed by atoms with Gasteiger partial charge in [-0.3, -0.25) is 0 Å². The van der Waals surface area contributed by atoms with Gasteiger partial charge >= 0.3 is 0 Å². The minimum absolute atomic E-state index is 1.18. The van der Waals surface area contributed by atoms with Crippen molar-refractivity contribution in [2.45, 2.75) is 0 Å². The predicted molar refractivity (Wildman–Crippen MR) is 190 cm³/mol. The fourth-order valence-electron chi connectivity index (χ4n) is 8.48. The summed E-state index contributed by atoms with van der Waals surface area (Å²) in [7, 11) is 0. The van der Waals surface area contributed by atoms with Gasteiger partial charge in [-0.1, -0.05) is 127 Å². The van der Waals surface area contributed by atoms with Crippen molar-refractivity contribution >= 4 is 43.4 Å². The summed E-state index contributed by atoms with van der Waals surface area (Å²) in [4.78, 5) is 0. The Morgan fingerprint density at radius 2 is 0.822 bits per heavy atom. The van der Waals surface area contributed by atoms with Gasteiger partial charge in [0.25, 0.3) is 0 Å². The van der Waals surface area contributed by atoms with E-state index >= 15 is 0 Å². The normalized spacial score (nSPS) is 12.4. The average Bonchev–Trinajstić information content (AvgIpc) is 3.73. The highest BCUT2D eigenvalue weighted by Gasteiger charge is 2.26. The summed E-state index contributed by atoms with van der Waals surface area (Å²) in [5.74, 6) is 0. The Morgan fingerprint density at radius 1 is 0.289 bits per heavy atom. The van der Waals surface area contributed by atoms with Crippen LogP contribution >= 0.6 is 0 Å². The highest BCUT2D eigenvalue weighted by atomic mass is 15.0. The fourth-order valence-corrected chi connectivity index (χ4v) is 8.48. The van der Waals surface area contributed by atoms with Crippen molar-refractivity contribution in [3.63, 3.8) is 0 Å². The second-order valence-electron chi connectivity index (χ2n) is 12.4. The maximum Gasteiger partial charge on any atom is 0.0553 e. The molecular weight excluding hydrogens is 542 g/mol. The summed E-state index contributed by atoms with van der Waals surface area (Å²) in [5, 5.41) is 7.99. The van der Waals surface area contributed by atoms with Crippen LogP contribution in [-0.4, -0.2) is 4.57 Å². The number of fused-ring (bicyclic) bond motifs is 10. The van der Waals surface area contributed by atoms with Gasteiger partial charge in [0.2, 0.25) is 0 Å². The summed E-state index contributed by atoms with van der Waals surface area (Å²) in [6.45, 7) is 0. The van der Waals surface area contributed by atoms with Crippen LogP contribution in [0.4, 0.5) is 0 Å². The molecule has 45 heavy (non-hydrogen) atoms. The molecule has 0 bridgehead atoms. The van der Waals surface area contributed by atoms with Crippen LogP contribution in [0.15, 0.2) is 152 Å². The molecule has 206 valence electrons. The molecule has 2 aliphatic rings. The monoisotopic (exact) mass is 567 g/mol. The molecule has 8 aromatic carbocycles. The van der Waals surface area contributed by atoms with E-state index in [1.165, 1.54) is 105 Å². The first-order chi connectivity index (χ1) is 22.3. The molecule has 0 amide bonds. The Morgan fingerprint density at radius 3 is 1.58 bits per heavy atom. The van der Waals surface area contributed by atoms with Crippen LogP contribution in [0.3, 0.4) is 0 Å². The maximum atomic E-state index is 2.48. The maximum absolute atomic E-state index is 2.48. The Kier molecular flexibility index (Phi) is 4.38. The van der Waals surface area contributed by atoms with Gasteiger partial charge < -0.3 is 4.57 Å². The van der Waals surface area contributed by atoms with E-state index in [2.05, 4.69) is 156 Å². The Hall–Kier alpha value is -5.92. The van der Waals surface area contributed by atoms with Crippen LogP contribution < -0.4 is 0 Å². The van der Waals surface area contributed by atoms with Crippen molar-refractivity contribution in [3.8, 4) is 61.3 Å². The molecule has 0 unspecified atom stereocenters. The molecule has 0 radical (unpaired) electrons. The third-order valence-electron chi connectivity index (χ3n) is 10.3. The zero-order valence-corrected chi connectivity index (χ0v) is 24.4. The molecule has 0 aliphatic heterocycles. The summed E-state index contributed by atoms with van der Waals surface area (Å²) in [5.41, 5.74) is 16.8. The first-order valence-electron chi connectivity index (χ1n) is 15.7. The smallest absolute Gasteiger partial charge is 0.0553 e. The summed E-state index contributed by atoms with van der Waals surface area (Å²) in [6, 6.07) is 56.4. The number of benzene rings is 8. The molecule has 1 nitrogen and oxygen atoms in total. The third-order valence-corrected chi connectivity index (χ3v) is 10.3. The summed E-state index contributed by atoms with van der Waals surface area (Å²) >= 11 is 0. The molecule has 0 atom stereocenters. The van der Waals surface area contributed by atoms with Crippen LogP contribution in [0.1, 0.15) is 0 Å². The number of rotatable bonds is 2. The molecule has 9 aromatic rings. The van der Waals surface area contributed by atoms with Crippen molar-refractivity contribution in [1.29, 1.82) is 0 Å². The van der Waals surface area contributed by atoms with E-state index in [1.807, 2.05) is 0 Å². The van der Waals surface area contributed by atoms with Gasteiger partial charge in [-0.05, 0) is 101 Å². The minimum Gasteiger partial charge on any atom is -0.309 e. The van der Waals surface area contributed by atoms with Crippen molar-refractivity contribution < 1.29 is 0 Å². The van der Waals surface area contributed by atoms with Crippen LogP contribution in [0.5, 0.6) is 0 Å². The average molecular weight is 568 g/mol. The molecule has 2 aliphatic carbocycles. The molecule has 0 spiro atoms. The number of hydrogen-bond acceptors (Lipinski definition) is 0. The van der Waals surface area contributed by atoms with Gasteiger partial charge in [-0.15, -0.1) is 0 Å². The number of hydrogen-bond donors (Lipinski definition) is 0. The number of aromatic nitrogens is 1. The first kappa shape index (κ1) is 23.5. The van der Waals surface area contributed by atoms with Crippen molar-refractivity contribution in [2.75, 3.05) is 0 Å². The second kappa shape index (κ2) is 8.37. The van der Waals surface area contributed by atoms with E-state index < -0.39 is 0 Å². The van der Waals surface area contributed by atoms with Gasteiger partial charge in [0.15, 0.2) is 0 Å².